The van der Waals surface area contributed by atoms with Crippen LogP contribution in [0.5, 0.6) is 0 Å². The summed E-state index contributed by atoms with van der Waals surface area (Å²) in [6.07, 6.45) is 3.29. The topological polar surface area (TPSA) is 75.9 Å². The van der Waals surface area contributed by atoms with Crippen molar-refractivity contribution in [3.8, 4) is 0 Å². The molecule has 6 nitrogen and oxygen atoms in total. The Morgan fingerprint density at radius 1 is 1.15 bits per heavy atom. The Bertz CT molecular complexity index is 720. The minimum atomic E-state index is 0.0654. The molecule has 3 rings (SSSR count). The summed E-state index contributed by atoms with van der Waals surface area (Å²) in [5, 5.41) is 17.4. The summed E-state index contributed by atoms with van der Waals surface area (Å²) < 4.78 is 1.72. The van der Waals surface area contributed by atoms with Crippen molar-refractivity contribution < 1.29 is 5.11 Å². The molecule has 3 aromatic rings. The molecule has 0 saturated carbocycles. The number of benzene rings is 1. The van der Waals surface area contributed by atoms with Gasteiger partial charge in [0.05, 0.1) is 18.2 Å². The van der Waals surface area contributed by atoms with Crippen LogP contribution in [0, 0.1) is 0 Å². The molecule has 20 heavy (non-hydrogen) atoms. The van der Waals surface area contributed by atoms with Crippen LogP contribution in [0.3, 0.4) is 0 Å². The highest BCUT2D eigenvalue weighted by Crippen LogP contribution is 2.18. The maximum atomic E-state index is 9.02. The molecule has 2 heterocycles. The molecule has 0 aliphatic heterocycles. The van der Waals surface area contributed by atoms with Crippen molar-refractivity contribution in [1.29, 1.82) is 0 Å². The van der Waals surface area contributed by atoms with E-state index in [4.69, 9.17) is 5.11 Å². The lowest BCUT2D eigenvalue weighted by molar-refractivity contribution is 0.282. The lowest BCUT2D eigenvalue weighted by Crippen LogP contribution is -2.02. The standard InChI is InChI=1S/C14H15N5O/c1-19-14-12(7-18-19)13(16-9-17-14)15-6-10-2-4-11(8-20)5-3-10/h2-5,7,9,20H,6,8H2,1H3,(H,15,16,17). The van der Waals surface area contributed by atoms with Crippen LogP contribution in [0.25, 0.3) is 11.0 Å². The molecule has 0 bridgehead atoms. The van der Waals surface area contributed by atoms with Crippen LogP contribution in [-0.4, -0.2) is 24.9 Å². The van der Waals surface area contributed by atoms with Crippen molar-refractivity contribution in [3.05, 3.63) is 47.9 Å². The number of aliphatic hydroxyl groups excluding tert-OH is 1. The summed E-state index contributed by atoms with van der Waals surface area (Å²) in [5.41, 5.74) is 2.83. The molecule has 0 aliphatic rings. The van der Waals surface area contributed by atoms with E-state index in [2.05, 4.69) is 20.4 Å². The Labute approximate surface area is 116 Å². The highest BCUT2D eigenvalue weighted by atomic mass is 16.3. The van der Waals surface area contributed by atoms with Crippen LogP contribution in [-0.2, 0) is 20.2 Å². The number of aliphatic hydroxyl groups is 1. The van der Waals surface area contributed by atoms with Crippen LogP contribution in [0.15, 0.2) is 36.8 Å². The number of aromatic nitrogens is 4. The number of aryl methyl sites for hydroxylation is 1. The first kappa shape index (κ1) is 12.6. The number of hydrogen-bond donors (Lipinski definition) is 2. The van der Waals surface area contributed by atoms with Gasteiger partial charge in [0, 0.05) is 13.6 Å². The first-order valence-corrected chi connectivity index (χ1v) is 6.33. The number of nitrogens with zero attached hydrogens (tertiary/aromatic N) is 4. The van der Waals surface area contributed by atoms with Gasteiger partial charge < -0.3 is 10.4 Å². The Balaban J connectivity index is 1.79. The van der Waals surface area contributed by atoms with E-state index in [1.54, 1.807) is 10.9 Å². The molecule has 0 radical (unpaired) electrons. The highest BCUT2D eigenvalue weighted by Gasteiger charge is 2.07. The first-order chi connectivity index (χ1) is 9.78. The molecule has 0 fully saturated rings. The molecule has 0 atom stereocenters. The first-order valence-electron chi connectivity index (χ1n) is 6.33. The fourth-order valence-corrected chi connectivity index (χ4v) is 2.05. The van der Waals surface area contributed by atoms with E-state index < -0.39 is 0 Å². The lowest BCUT2D eigenvalue weighted by atomic mass is 10.1. The summed E-state index contributed by atoms with van der Waals surface area (Å²) in [4.78, 5) is 8.45. The summed E-state index contributed by atoms with van der Waals surface area (Å²) in [7, 11) is 1.85. The van der Waals surface area contributed by atoms with Crippen molar-refractivity contribution >= 4 is 16.9 Å². The van der Waals surface area contributed by atoms with Crippen molar-refractivity contribution in [3.63, 3.8) is 0 Å². The lowest BCUT2D eigenvalue weighted by Gasteiger charge is -2.07. The summed E-state index contributed by atoms with van der Waals surface area (Å²) in [5.74, 6) is 0.773. The van der Waals surface area contributed by atoms with Crippen molar-refractivity contribution in [2.45, 2.75) is 13.2 Å². The Morgan fingerprint density at radius 2 is 1.90 bits per heavy atom. The zero-order valence-corrected chi connectivity index (χ0v) is 11.1. The fraction of sp³-hybridized carbons (Fsp3) is 0.214. The van der Waals surface area contributed by atoms with Crippen LogP contribution < -0.4 is 5.32 Å². The van der Waals surface area contributed by atoms with Crippen LogP contribution in [0.4, 0.5) is 5.82 Å². The third-order valence-electron chi connectivity index (χ3n) is 3.19. The molecule has 6 heteroatoms. The van der Waals surface area contributed by atoms with E-state index >= 15 is 0 Å². The van der Waals surface area contributed by atoms with Crippen molar-refractivity contribution in [2.24, 2.45) is 7.05 Å². The van der Waals surface area contributed by atoms with Gasteiger partial charge in [0.1, 0.15) is 12.1 Å². The number of hydrogen-bond acceptors (Lipinski definition) is 5. The number of nitrogens with one attached hydrogen (secondary N) is 1. The Morgan fingerprint density at radius 3 is 2.65 bits per heavy atom. The Kier molecular flexibility index (Phi) is 3.30. The van der Waals surface area contributed by atoms with Crippen LogP contribution in [0.1, 0.15) is 11.1 Å². The van der Waals surface area contributed by atoms with Gasteiger partial charge in [-0.25, -0.2) is 9.97 Å². The largest absolute Gasteiger partial charge is 0.392 e. The summed E-state index contributed by atoms with van der Waals surface area (Å²) in [6, 6.07) is 7.80. The van der Waals surface area contributed by atoms with Gasteiger partial charge in [-0.15, -0.1) is 0 Å². The highest BCUT2D eigenvalue weighted by molar-refractivity contribution is 5.85. The van der Waals surface area contributed by atoms with E-state index in [1.165, 1.54) is 6.33 Å². The molecule has 0 unspecified atom stereocenters. The monoisotopic (exact) mass is 269 g/mol. The molecular formula is C14H15N5O. The SMILES string of the molecule is Cn1ncc2c(NCc3ccc(CO)cc3)ncnc21. The molecule has 2 N–H and O–H groups in total. The molecule has 0 spiro atoms. The third kappa shape index (κ3) is 2.33. The average molecular weight is 269 g/mol. The normalized spacial score (nSPS) is 10.9. The minimum Gasteiger partial charge on any atom is -0.392 e. The molecular weight excluding hydrogens is 254 g/mol. The molecule has 1 aromatic carbocycles. The van der Waals surface area contributed by atoms with Gasteiger partial charge in [-0.3, -0.25) is 4.68 Å². The predicted octanol–water partition coefficient (Wildman–Crippen LogP) is 1.47. The quantitative estimate of drug-likeness (QED) is 0.750. The molecule has 0 aliphatic carbocycles. The number of rotatable bonds is 4. The van der Waals surface area contributed by atoms with Gasteiger partial charge in [0.2, 0.25) is 0 Å². The maximum absolute atomic E-state index is 9.02. The number of fused-ring (bicyclic) bond motifs is 1. The van der Waals surface area contributed by atoms with E-state index in [9.17, 15) is 0 Å². The van der Waals surface area contributed by atoms with Crippen LogP contribution >= 0.6 is 0 Å². The Hall–Kier alpha value is -2.47. The maximum Gasteiger partial charge on any atom is 0.163 e. The van der Waals surface area contributed by atoms with E-state index in [0.29, 0.717) is 6.54 Å². The van der Waals surface area contributed by atoms with Crippen molar-refractivity contribution in [1.82, 2.24) is 19.7 Å². The molecule has 2 aromatic heterocycles. The second-order valence-corrected chi connectivity index (χ2v) is 4.56. The number of anilines is 1. The average Bonchev–Trinajstić information content (AvgIpc) is 2.88. The van der Waals surface area contributed by atoms with Crippen LogP contribution in [0.2, 0.25) is 0 Å². The second kappa shape index (κ2) is 5.26. The summed E-state index contributed by atoms with van der Waals surface area (Å²) in [6.45, 7) is 0.725. The minimum absolute atomic E-state index is 0.0654. The van der Waals surface area contributed by atoms with Gasteiger partial charge >= 0.3 is 0 Å². The molecule has 0 amide bonds. The van der Waals surface area contributed by atoms with Gasteiger partial charge in [-0.05, 0) is 11.1 Å². The van der Waals surface area contributed by atoms with Gasteiger partial charge in [0.25, 0.3) is 0 Å². The third-order valence-corrected chi connectivity index (χ3v) is 3.19. The van der Waals surface area contributed by atoms with Gasteiger partial charge in [-0.1, -0.05) is 24.3 Å². The van der Waals surface area contributed by atoms with Crippen molar-refractivity contribution in [2.75, 3.05) is 5.32 Å². The second-order valence-electron chi connectivity index (χ2n) is 4.56. The van der Waals surface area contributed by atoms with E-state index in [-0.39, 0.29) is 6.61 Å². The smallest absolute Gasteiger partial charge is 0.163 e. The van der Waals surface area contributed by atoms with E-state index in [0.717, 1.165) is 28.0 Å². The molecule has 102 valence electrons. The fourth-order valence-electron chi connectivity index (χ4n) is 2.05. The predicted molar refractivity (Wildman–Crippen MR) is 76.0 cm³/mol. The zero-order valence-electron chi connectivity index (χ0n) is 11.1. The van der Waals surface area contributed by atoms with Gasteiger partial charge in [-0.2, -0.15) is 5.10 Å². The molecule has 0 saturated heterocycles. The zero-order chi connectivity index (χ0) is 13.9. The van der Waals surface area contributed by atoms with E-state index in [1.807, 2.05) is 31.3 Å². The van der Waals surface area contributed by atoms with Gasteiger partial charge in [0.15, 0.2) is 5.65 Å². The summed E-state index contributed by atoms with van der Waals surface area (Å²) >= 11 is 0.